The molecule has 0 aliphatic carbocycles. The summed E-state index contributed by atoms with van der Waals surface area (Å²) in [5, 5.41) is 10.4. The Morgan fingerprint density at radius 2 is 1.92 bits per heavy atom. The van der Waals surface area contributed by atoms with Crippen LogP contribution >= 0.6 is 0 Å². The molecule has 1 N–H and O–H groups in total. The summed E-state index contributed by atoms with van der Waals surface area (Å²) in [5.41, 5.74) is 3.54. The van der Waals surface area contributed by atoms with E-state index >= 15 is 0 Å². The molecule has 2 aromatic rings. The second-order valence-electron chi connectivity index (χ2n) is 7.20. The number of likely N-dealkylation sites (N-methyl/N-ethyl adjacent to an activating group) is 1. The Morgan fingerprint density at radius 3 is 2.52 bits per heavy atom. The number of amides is 1. The molecule has 6 heteroatoms. The first-order chi connectivity index (χ1) is 11.8. The number of hydrogen-bond donors (Lipinski definition) is 1. The lowest BCUT2D eigenvalue weighted by Gasteiger charge is -2.32. The van der Waals surface area contributed by atoms with Gasteiger partial charge in [-0.3, -0.25) is 9.69 Å². The van der Waals surface area contributed by atoms with Crippen LogP contribution in [-0.4, -0.2) is 58.0 Å². The highest BCUT2D eigenvalue weighted by Gasteiger charge is 2.22. The maximum absolute atomic E-state index is 11.9. The minimum Gasteiger partial charge on any atom is -0.477 e. The molecule has 0 atom stereocenters. The molecule has 1 aromatic heterocycles. The van der Waals surface area contributed by atoms with Crippen LogP contribution in [0, 0.1) is 0 Å². The van der Waals surface area contributed by atoms with Gasteiger partial charge in [0.05, 0.1) is 12.1 Å². The largest absolute Gasteiger partial charge is 0.477 e. The summed E-state index contributed by atoms with van der Waals surface area (Å²) in [6, 6.07) is 5.94. The maximum Gasteiger partial charge on any atom is 0.352 e. The number of carboxylic acids is 1. The van der Waals surface area contributed by atoms with E-state index in [-0.39, 0.29) is 11.8 Å². The second-order valence-corrected chi connectivity index (χ2v) is 7.20. The summed E-state index contributed by atoms with van der Waals surface area (Å²) in [4.78, 5) is 27.3. The molecule has 3 rings (SSSR count). The van der Waals surface area contributed by atoms with Gasteiger partial charge in [-0.15, -0.1) is 0 Å². The Balaban J connectivity index is 1.99. The van der Waals surface area contributed by atoms with Gasteiger partial charge in [-0.1, -0.05) is 19.9 Å². The molecule has 2 heterocycles. The van der Waals surface area contributed by atoms with Crippen molar-refractivity contribution in [2.45, 2.75) is 26.3 Å². The first-order valence-corrected chi connectivity index (χ1v) is 8.59. The van der Waals surface area contributed by atoms with Crippen LogP contribution in [0.5, 0.6) is 0 Å². The number of rotatable bonds is 4. The fraction of sp³-hybridized carbons (Fsp3) is 0.474. The molecule has 6 nitrogen and oxygen atoms in total. The SMILES string of the molecule is CC(C)c1cc(CN2CCN(C)C(=O)C2)cc2cc(C(=O)O)n(C)c12. The number of hydrogen-bond acceptors (Lipinski definition) is 3. The van der Waals surface area contributed by atoms with Crippen molar-refractivity contribution in [3.05, 3.63) is 35.0 Å². The predicted molar refractivity (Wildman–Crippen MR) is 96.9 cm³/mol. The van der Waals surface area contributed by atoms with Gasteiger partial charge in [0, 0.05) is 39.1 Å². The van der Waals surface area contributed by atoms with Crippen LogP contribution in [0.4, 0.5) is 0 Å². The van der Waals surface area contributed by atoms with Gasteiger partial charge in [-0.2, -0.15) is 0 Å². The lowest BCUT2D eigenvalue weighted by Crippen LogP contribution is -2.47. The van der Waals surface area contributed by atoms with E-state index in [1.807, 2.05) is 7.05 Å². The fourth-order valence-corrected chi connectivity index (χ4v) is 3.54. The smallest absolute Gasteiger partial charge is 0.352 e. The van der Waals surface area contributed by atoms with E-state index < -0.39 is 5.97 Å². The standard InChI is InChI=1S/C19H25N3O3/c1-12(2)15-8-13(10-22-6-5-20(3)17(23)11-22)7-14-9-16(19(24)25)21(4)18(14)15/h7-9,12H,5-6,10-11H2,1-4H3,(H,24,25). The number of carboxylic acid groups (broad SMARTS) is 1. The lowest BCUT2D eigenvalue weighted by atomic mass is 9.97. The highest BCUT2D eigenvalue weighted by molar-refractivity contribution is 5.96. The van der Waals surface area contributed by atoms with Gasteiger partial charge < -0.3 is 14.6 Å². The Bertz CT molecular complexity index is 838. The van der Waals surface area contributed by atoms with Gasteiger partial charge in [0.2, 0.25) is 5.91 Å². The van der Waals surface area contributed by atoms with E-state index in [1.54, 1.807) is 22.6 Å². The monoisotopic (exact) mass is 343 g/mol. The van der Waals surface area contributed by atoms with Crippen molar-refractivity contribution in [2.24, 2.45) is 7.05 Å². The molecule has 25 heavy (non-hydrogen) atoms. The topological polar surface area (TPSA) is 65.8 Å². The Kier molecular flexibility index (Phi) is 4.56. The molecule has 1 amide bonds. The van der Waals surface area contributed by atoms with Gasteiger partial charge in [0.15, 0.2) is 0 Å². The Morgan fingerprint density at radius 1 is 1.20 bits per heavy atom. The second kappa shape index (κ2) is 6.52. The van der Waals surface area contributed by atoms with E-state index in [0.29, 0.717) is 18.8 Å². The van der Waals surface area contributed by atoms with Crippen molar-refractivity contribution in [1.29, 1.82) is 0 Å². The summed E-state index contributed by atoms with van der Waals surface area (Å²) in [6.07, 6.45) is 0. The van der Waals surface area contributed by atoms with Gasteiger partial charge in [-0.25, -0.2) is 4.79 Å². The molecule has 1 saturated heterocycles. The molecule has 1 aromatic carbocycles. The van der Waals surface area contributed by atoms with Crippen molar-refractivity contribution in [1.82, 2.24) is 14.4 Å². The zero-order valence-corrected chi connectivity index (χ0v) is 15.2. The number of piperazine rings is 1. The van der Waals surface area contributed by atoms with Crippen molar-refractivity contribution in [3.63, 3.8) is 0 Å². The molecule has 0 unspecified atom stereocenters. The molecule has 1 aliphatic heterocycles. The summed E-state index contributed by atoms with van der Waals surface area (Å²) >= 11 is 0. The highest BCUT2D eigenvalue weighted by Crippen LogP contribution is 2.30. The van der Waals surface area contributed by atoms with Crippen LogP contribution in [0.25, 0.3) is 10.9 Å². The molecule has 1 fully saturated rings. The van der Waals surface area contributed by atoms with Crippen LogP contribution in [0.2, 0.25) is 0 Å². The average molecular weight is 343 g/mol. The van der Waals surface area contributed by atoms with Gasteiger partial charge in [0.25, 0.3) is 0 Å². The van der Waals surface area contributed by atoms with E-state index in [0.717, 1.165) is 35.1 Å². The highest BCUT2D eigenvalue weighted by atomic mass is 16.4. The fourth-order valence-electron chi connectivity index (χ4n) is 3.54. The van der Waals surface area contributed by atoms with E-state index in [1.165, 1.54) is 0 Å². The summed E-state index contributed by atoms with van der Waals surface area (Å²) in [7, 11) is 3.64. The molecule has 134 valence electrons. The third-order valence-electron chi connectivity index (χ3n) is 5.00. The van der Waals surface area contributed by atoms with E-state index in [2.05, 4.69) is 30.9 Å². The maximum atomic E-state index is 11.9. The third-order valence-corrected chi connectivity index (χ3v) is 5.00. The number of aromatic carboxylic acids is 1. The Hall–Kier alpha value is -2.34. The third kappa shape index (κ3) is 3.26. The van der Waals surface area contributed by atoms with E-state index in [9.17, 15) is 14.7 Å². The van der Waals surface area contributed by atoms with Crippen LogP contribution in [0.15, 0.2) is 18.2 Å². The van der Waals surface area contributed by atoms with Crippen LogP contribution in [0.3, 0.4) is 0 Å². The Labute approximate surface area is 147 Å². The van der Waals surface area contributed by atoms with Gasteiger partial charge >= 0.3 is 5.97 Å². The molecule has 0 bridgehead atoms. The summed E-state index contributed by atoms with van der Waals surface area (Å²) in [6.45, 7) is 6.96. The molecular formula is C19H25N3O3. The lowest BCUT2D eigenvalue weighted by molar-refractivity contribution is -0.134. The van der Waals surface area contributed by atoms with Crippen LogP contribution in [-0.2, 0) is 18.4 Å². The average Bonchev–Trinajstić information content (AvgIpc) is 2.87. The number of fused-ring (bicyclic) bond motifs is 1. The normalized spacial score (nSPS) is 16.2. The van der Waals surface area contributed by atoms with Crippen LogP contribution in [0.1, 0.15) is 41.4 Å². The number of carbonyl (C=O) groups is 2. The predicted octanol–water partition coefficient (Wildman–Crippen LogP) is 2.27. The minimum atomic E-state index is -0.917. The molecule has 0 spiro atoms. The summed E-state index contributed by atoms with van der Waals surface area (Å²) in [5.74, 6) is -0.490. The zero-order chi connectivity index (χ0) is 18.3. The molecular weight excluding hydrogens is 318 g/mol. The first kappa shape index (κ1) is 17.5. The quantitative estimate of drug-likeness (QED) is 0.925. The number of benzene rings is 1. The molecule has 1 aliphatic rings. The van der Waals surface area contributed by atoms with Crippen molar-refractivity contribution in [2.75, 3.05) is 26.7 Å². The van der Waals surface area contributed by atoms with Crippen molar-refractivity contribution < 1.29 is 14.7 Å². The minimum absolute atomic E-state index is 0.143. The number of nitrogens with zero attached hydrogens (tertiary/aromatic N) is 3. The van der Waals surface area contributed by atoms with Gasteiger partial charge in [0.1, 0.15) is 5.69 Å². The molecule has 0 radical (unpaired) electrons. The number of carbonyl (C=O) groups excluding carboxylic acids is 1. The first-order valence-electron chi connectivity index (χ1n) is 8.59. The van der Waals surface area contributed by atoms with E-state index in [4.69, 9.17) is 0 Å². The van der Waals surface area contributed by atoms with Crippen molar-refractivity contribution in [3.8, 4) is 0 Å². The van der Waals surface area contributed by atoms with Crippen molar-refractivity contribution >= 4 is 22.8 Å². The zero-order valence-electron chi connectivity index (χ0n) is 15.2. The number of aromatic nitrogens is 1. The van der Waals surface area contributed by atoms with Gasteiger partial charge in [-0.05, 0) is 29.2 Å². The summed E-state index contributed by atoms with van der Waals surface area (Å²) < 4.78 is 1.76. The number of aryl methyl sites for hydroxylation is 1. The molecule has 0 saturated carbocycles. The van der Waals surface area contributed by atoms with Crippen LogP contribution < -0.4 is 0 Å².